The number of phosphoric acid groups is 1. The van der Waals surface area contributed by atoms with Crippen LogP contribution in [0.4, 0.5) is 0 Å². The fourth-order valence-corrected chi connectivity index (χ4v) is 4.96. The number of aliphatic carboxylic acids is 1. The number of unbranched alkanes of at least 4 members (excludes halogenated alkanes) is 9. The number of hydrogen-bond donors (Lipinski definition) is 3. The fraction of sp³-hybridized carbons (Fsp3) is 0.605. The van der Waals surface area contributed by atoms with Gasteiger partial charge in [-0.3, -0.25) is 23.4 Å². The minimum Gasteiger partial charge on any atom is -0.480 e. The Morgan fingerprint density at radius 1 is 0.660 bits per heavy atom. The van der Waals surface area contributed by atoms with Crippen LogP contribution in [0.1, 0.15) is 117 Å². The topological polar surface area (TPSA) is 172 Å². The summed E-state index contributed by atoms with van der Waals surface area (Å²) in [7, 11) is -4.73. The zero-order chi connectivity index (χ0) is 37.1. The Labute approximate surface area is 300 Å². The van der Waals surface area contributed by atoms with Crippen LogP contribution in [0.3, 0.4) is 0 Å². The fourth-order valence-electron chi connectivity index (χ4n) is 4.18. The lowest BCUT2D eigenvalue weighted by Gasteiger charge is -2.20. The zero-order valence-corrected chi connectivity index (χ0v) is 31.1. The molecule has 0 aromatic heterocycles. The van der Waals surface area contributed by atoms with Gasteiger partial charge in [-0.05, 0) is 51.4 Å². The SMILES string of the molecule is CC/C=C/C=C/C=C/C=C/CCCCCC(=O)OCC(COP(=O)(O)OC[C@H](N)C(=O)O)OC(=O)CC/C=C/C/C=C/CCCCCCCC. The Balaban J connectivity index is 4.65. The summed E-state index contributed by atoms with van der Waals surface area (Å²) in [4.78, 5) is 45.6. The van der Waals surface area contributed by atoms with Crippen LogP contribution in [0.25, 0.3) is 0 Å². The molecule has 0 saturated heterocycles. The van der Waals surface area contributed by atoms with Gasteiger partial charge in [0.15, 0.2) is 6.10 Å². The highest BCUT2D eigenvalue weighted by Gasteiger charge is 2.28. The van der Waals surface area contributed by atoms with Gasteiger partial charge in [0.25, 0.3) is 0 Å². The molecule has 0 aliphatic rings. The lowest BCUT2D eigenvalue weighted by Crippen LogP contribution is -2.34. The molecule has 284 valence electrons. The second-order valence-corrected chi connectivity index (χ2v) is 13.2. The molecule has 0 radical (unpaired) electrons. The minimum atomic E-state index is -4.73. The molecule has 0 heterocycles. The quantitative estimate of drug-likeness (QED) is 0.0199. The summed E-state index contributed by atoms with van der Waals surface area (Å²) >= 11 is 0. The third-order valence-corrected chi connectivity index (χ3v) is 8.00. The molecule has 0 aliphatic heterocycles. The van der Waals surface area contributed by atoms with Gasteiger partial charge in [-0.2, -0.15) is 0 Å². The van der Waals surface area contributed by atoms with E-state index in [0.717, 1.165) is 38.5 Å². The van der Waals surface area contributed by atoms with E-state index in [1.165, 1.54) is 38.5 Å². The molecule has 0 spiro atoms. The van der Waals surface area contributed by atoms with E-state index in [-0.39, 0.29) is 12.8 Å². The van der Waals surface area contributed by atoms with Gasteiger partial charge in [-0.15, -0.1) is 0 Å². The monoisotopic (exact) mass is 723 g/mol. The average Bonchev–Trinajstić information content (AvgIpc) is 3.09. The van der Waals surface area contributed by atoms with Gasteiger partial charge in [0, 0.05) is 12.8 Å². The van der Waals surface area contributed by atoms with E-state index in [2.05, 4.69) is 42.7 Å². The van der Waals surface area contributed by atoms with Gasteiger partial charge in [0.05, 0.1) is 13.2 Å². The van der Waals surface area contributed by atoms with Crippen molar-refractivity contribution in [2.75, 3.05) is 19.8 Å². The second-order valence-electron chi connectivity index (χ2n) is 11.7. The molecule has 0 aliphatic carbocycles. The number of nitrogens with two attached hydrogens (primary N) is 1. The van der Waals surface area contributed by atoms with E-state index >= 15 is 0 Å². The standard InChI is InChI=1S/C38H62NO10P/c1-3-5-7-9-11-13-15-17-19-21-23-25-27-29-36(40)46-31-34(32-47-50(44,45)48-33-35(39)38(42)43)49-37(41)30-28-26-24-22-20-18-16-14-12-10-8-6-4-2/h5,7,9,11,13,15,17-20,24,26,34-35H,3-4,6,8,10,12,14,16,21-23,25,27-33,39H2,1-2H3,(H,42,43)(H,44,45)/b7-5+,11-9+,15-13+,19-17+,20-18+,26-24+/t34?,35-/m0/s1. The van der Waals surface area contributed by atoms with Crippen molar-refractivity contribution in [3.05, 3.63) is 72.9 Å². The number of hydrogen-bond acceptors (Lipinski definition) is 9. The van der Waals surface area contributed by atoms with E-state index in [1.807, 2.05) is 48.6 Å². The average molecular weight is 724 g/mol. The van der Waals surface area contributed by atoms with Crippen molar-refractivity contribution in [1.29, 1.82) is 0 Å². The van der Waals surface area contributed by atoms with Crippen LogP contribution in [-0.4, -0.2) is 59.9 Å². The number of carboxylic acids is 1. The first-order chi connectivity index (χ1) is 24.1. The Bertz CT molecular complexity index is 1130. The number of ether oxygens (including phenoxy) is 2. The maximum atomic E-state index is 12.5. The van der Waals surface area contributed by atoms with Crippen LogP contribution in [0, 0.1) is 0 Å². The summed E-state index contributed by atoms with van der Waals surface area (Å²) in [6, 6.07) is -1.54. The number of rotatable bonds is 32. The van der Waals surface area contributed by atoms with Crippen molar-refractivity contribution in [2.24, 2.45) is 5.73 Å². The van der Waals surface area contributed by atoms with Crippen LogP contribution in [0.5, 0.6) is 0 Å². The number of carbonyl (C=O) groups is 3. The highest BCUT2D eigenvalue weighted by molar-refractivity contribution is 7.47. The van der Waals surface area contributed by atoms with Crippen molar-refractivity contribution >= 4 is 25.7 Å². The van der Waals surface area contributed by atoms with Gasteiger partial charge in [-0.1, -0.05) is 125 Å². The molecule has 3 atom stereocenters. The van der Waals surface area contributed by atoms with Crippen LogP contribution >= 0.6 is 7.82 Å². The molecular weight excluding hydrogens is 661 g/mol. The molecule has 12 heteroatoms. The summed E-state index contributed by atoms with van der Waals surface area (Å²) in [6.45, 7) is 2.50. The van der Waals surface area contributed by atoms with Crippen molar-refractivity contribution in [3.63, 3.8) is 0 Å². The van der Waals surface area contributed by atoms with Gasteiger partial charge in [-0.25, -0.2) is 4.57 Å². The molecule has 0 bridgehead atoms. The lowest BCUT2D eigenvalue weighted by molar-refractivity contribution is -0.161. The van der Waals surface area contributed by atoms with Gasteiger partial charge < -0.3 is 25.2 Å². The second kappa shape index (κ2) is 33.1. The number of allylic oxidation sites excluding steroid dienone is 12. The molecule has 0 amide bonds. The first kappa shape index (κ1) is 46.9. The first-order valence-corrected chi connectivity index (χ1v) is 19.5. The highest BCUT2D eigenvalue weighted by atomic mass is 31.2. The van der Waals surface area contributed by atoms with Crippen molar-refractivity contribution in [1.82, 2.24) is 0 Å². The third kappa shape index (κ3) is 32.1. The lowest BCUT2D eigenvalue weighted by atomic mass is 10.1. The van der Waals surface area contributed by atoms with Crippen LogP contribution < -0.4 is 5.73 Å². The molecule has 4 N–H and O–H groups in total. The Morgan fingerprint density at radius 2 is 1.24 bits per heavy atom. The summed E-state index contributed by atoms with van der Waals surface area (Å²) in [5, 5.41) is 8.84. The maximum absolute atomic E-state index is 12.5. The number of carbonyl (C=O) groups excluding carboxylic acids is 2. The molecule has 50 heavy (non-hydrogen) atoms. The summed E-state index contributed by atoms with van der Waals surface area (Å²) in [5.74, 6) is -2.53. The normalized spacial score (nSPS) is 14.8. The summed E-state index contributed by atoms with van der Waals surface area (Å²) in [5.41, 5.74) is 5.30. The van der Waals surface area contributed by atoms with E-state index in [0.29, 0.717) is 12.8 Å². The minimum absolute atomic E-state index is 0.0421. The van der Waals surface area contributed by atoms with E-state index in [1.54, 1.807) is 0 Å². The van der Waals surface area contributed by atoms with Crippen LogP contribution in [0.15, 0.2) is 72.9 Å². The summed E-state index contributed by atoms with van der Waals surface area (Å²) < 4.78 is 32.4. The molecule has 0 aromatic carbocycles. The van der Waals surface area contributed by atoms with Gasteiger partial charge >= 0.3 is 25.7 Å². The Hall–Kier alpha value is -3.08. The molecular formula is C38H62NO10P. The van der Waals surface area contributed by atoms with Crippen molar-refractivity contribution < 1.29 is 47.5 Å². The zero-order valence-electron chi connectivity index (χ0n) is 30.2. The smallest absolute Gasteiger partial charge is 0.472 e. The number of phosphoric ester groups is 1. The largest absolute Gasteiger partial charge is 0.480 e. The van der Waals surface area contributed by atoms with Gasteiger partial charge in [0.2, 0.25) is 0 Å². The molecule has 0 aromatic rings. The molecule has 0 saturated carbocycles. The van der Waals surface area contributed by atoms with E-state index in [9.17, 15) is 23.8 Å². The Morgan fingerprint density at radius 3 is 1.92 bits per heavy atom. The molecule has 0 rings (SSSR count). The van der Waals surface area contributed by atoms with Crippen LogP contribution in [0.2, 0.25) is 0 Å². The van der Waals surface area contributed by atoms with Crippen molar-refractivity contribution in [3.8, 4) is 0 Å². The molecule has 0 fully saturated rings. The molecule has 11 nitrogen and oxygen atoms in total. The Kier molecular flexibility index (Phi) is 31.0. The number of esters is 2. The van der Waals surface area contributed by atoms with Gasteiger partial charge in [0.1, 0.15) is 12.6 Å². The first-order valence-electron chi connectivity index (χ1n) is 18.0. The maximum Gasteiger partial charge on any atom is 0.472 e. The molecule has 2 unspecified atom stereocenters. The van der Waals surface area contributed by atoms with E-state index in [4.69, 9.17) is 24.8 Å². The number of carboxylic acid groups (broad SMARTS) is 1. The van der Waals surface area contributed by atoms with Crippen LogP contribution in [-0.2, 0) is 37.5 Å². The third-order valence-electron chi connectivity index (χ3n) is 7.05. The highest BCUT2D eigenvalue weighted by Crippen LogP contribution is 2.43. The van der Waals surface area contributed by atoms with E-state index < -0.39 is 57.7 Å². The predicted molar refractivity (Wildman–Crippen MR) is 198 cm³/mol. The summed E-state index contributed by atoms with van der Waals surface area (Å²) in [6.07, 6.45) is 37.2. The predicted octanol–water partition coefficient (Wildman–Crippen LogP) is 8.61. The van der Waals surface area contributed by atoms with Crippen molar-refractivity contribution in [2.45, 2.75) is 129 Å².